The third-order valence-electron chi connectivity index (χ3n) is 6.03. The van der Waals surface area contributed by atoms with Gasteiger partial charge in [0, 0.05) is 13.0 Å². The lowest BCUT2D eigenvalue weighted by Crippen LogP contribution is -2.54. The summed E-state index contributed by atoms with van der Waals surface area (Å²) < 4.78 is 9.99. The van der Waals surface area contributed by atoms with Crippen LogP contribution in [0.2, 0.25) is 0 Å². The van der Waals surface area contributed by atoms with Gasteiger partial charge in [0.25, 0.3) is 0 Å². The summed E-state index contributed by atoms with van der Waals surface area (Å²) in [6, 6.07) is 8.92. The molecule has 3 amide bonds. The van der Waals surface area contributed by atoms with E-state index in [1.807, 2.05) is 13.8 Å². The molecule has 0 saturated heterocycles. The van der Waals surface area contributed by atoms with E-state index in [9.17, 15) is 29.4 Å². The second kappa shape index (κ2) is 14.3. The number of alkyl carbamates (subject to hydrolysis) is 1. The highest BCUT2D eigenvalue weighted by atomic mass is 16.6. The number of aliphatic hydroxyl groups is 1. The van der Waals surface area contributed by atoms with Crippen molar-refractivity contribution in [2.75, 3.05) is 26.8 Å². The number of esters is 1. The Kier molecular flexibility index (Phi) is 11.5. The molecular weight excluding hydrogens is 518 g/mol. The Morgan fingerprint density at radius 2 is 1.65 bits per heavy atom. The standard InChI is InChI=1S/C29H39N3O8/c1-18-7-10-21(15-19(18)2)25(26(36)30-17-24(35)39-6)32(13-14-33)27(37)23(31-28(38)40-29(3,4)5)16-20-8-11-22(34)12-9-20/h7-12,15,23,25,33-34H,13-14,16-17H2,1-6H3,(H,30,36)(H,31,38). The zero-order valence-corrected chi connectivity index (χ0v) is 23.8. The highest BCUT2D eigenvalue weighted by Gasteiger charge is 2.36. The van der Waals surface area contributed by atoms with E-state index in [1.165, 1.54) is 24.1 Å². The topological polar surface area (TPSA) is 154 Å². The average molecular weight is 558 g/mol. The van der Waals surface area contributed by atoms with E-state index in [-0.39, 0.29) is 18.7 Å². The Bertz CT molecular complexity index is 1190. The fraction of sp³-hybridized carbons (Fsp3) is 0.448. The van der Waals surface area contributed by atoms with Gasteiger partial charge >= 0.3 is 12.1 Å². The van der Waals surface area contributed by atoms with Crippen LogP contribution >= 0.6 is 0 Å². The molecule has 2 atom stereocenters. The molecule has 0 spiro atoms. The second-order valence-electron chi connectivity index (χ2n) is 10.4. The van der Waals surface area contributed by atoms with E-state index < -0.39 is 54.7 Å². The van der Waals surface area contributed by atoms with Crippen LogP contribution in [0.3, 0.4) is 0 Å². The predicted octanol–water partition coefficient (Wildman–Crippen LogP) is 2.30. The van der Waals surface area contributed by atoms with Crippen molar-refractivity contribution in [1.29, 1.82) is 0 Å². The Morgan fingerprint density at radius 3 is 2.20 bits per heavy atom. The van der Waals surface area contributed by atoms with E-state index in [1.54, 1.807) is 51.1 Å². The Hall–Kier alpha value is -4.12. The lowest BCUT2D eigenvalue weighted by atomic mass is 9.97. The molecule has 0 aliphatic heterocycles. The van der Waals surface area contributed by atoms with Crippen LogP contribution in [0.5, 0.6) is 5.75 Å². The van der Waals surface area contributed by atoms with Gasteiger partial charge in [-0.2, -0.15) is 0 Å². The van der Waals surface area contributed by atoms with Gasteiger partial charge in [0.2, 0.25) is 11.8 Å². The van der Waals surface area contributed by atoms with Gasteiger partial charge in [-0.05, 0) is 69.0 Å². The van der Waals surface area contributed by atoms with E-state index in [0.29, 0.717) is 11.1 Å². The Labute approximate surface area is 234 Å². The largest absolute Gasteiger partial charge is 0.508 e. The van der Waals surface area contributed by atoms with E-state index in [0.717, 1.165) is 11.1 Å². The van der Waals surface area contributed by atoms with Crippen LogP contribution in [0.4, 0.5) is 4.79 Å². The molecule has 0 aromatic heterocycles. The zero-order valence-electron chi connectivity index (χ0n) is 23.8. The number of carbonyl (C=O) groups is 4. The van der Waals surface area contributed by atoms with Crippen molar-refractivity contribution in [3.63, 3.8) is 0 Å². The van der Waals surface area contributed by atoms with Crippen molar-refractivity contribution in [3.8, 4) is 5.75 Å². The van der Waals surface area contributed by atoms with Gasteiger partial charge in [-0.15, -0.1) is 0 Å². The summed E-state index contributed by atoms with van der Waals surface area (Å²) >= 11 is 0. The van der Waals surface area contributed by atoms with Gasteiger partial charge in [-0.1, -0.05) is 30.3 Å². The van der Waals surface area contributed by atoms with Gasteiger partial charge in [-0.3, -0.25) is 14.4 Å². The van der Waals surface area contributed by atoms with Crippen LogP contribution in [0.25, 0.3) is 0 Å². The molecule has 2 aromatic rings. The van der Waals surface area contributed by atoms with Crippen LogP contribution in [-0.4, -0.2) is 77.4 Å². The summed E-state index contributed by atoms with van der Waals surface area (Å²) in [7, 11) is 1.19. The fourth-order valence-corrected chi connectivity index (χ4v) is 3.93. The maximum Gasteiger partial charge on any atom is 0.408 e. The minimum Gasteiger partial charge on any atom is -0.508 e. The van der Waals surface area contributed by atoms with Crippen molar-refractivity contribution < 1.29 is 38.9 Å². The number of ether oxygens (including phenoxy) is 2. The summed E-state index contributed by atoms with van der Waals surface area (Å²) in [4.78, 5) is 53.2. The molecule has 0 aliphatic rings. The first kappa shape index (κ1) is 32.1. The van der Waals surface area contributed by atoms with Crippen LogP contribution < -0.4 is 10.6 Å². The quantitative estimate of drug-likeness (QED) is 0.307. The van der Waals surface area contributed by atoms with Gasteiger partial charge in [0.15, 0.2) is 0 Å². The molecule has 2 aromatic carbocycles. The summed E-state index contributed by atoms with van der Waals surface area (Å²) in [6.07, 6.45) is -0.838. The van der Waals surface area contributed by atoms with Crippen LogP contribution in [-0.2, 0) is 30.3 Å². The lowest BCUT2D eigenvalue weighted by molar-refractivity contribution is -0.145. The Morgan fingerprint density at radius 1 is 1.00 bits per heavy atom. The second-order valence-corrected chi connectivity index (χ2v) is 10.4. The summed E-state index contributed by atoms with van der Waals surface area (Å²) in [5.41, 5.74) is 2.07. The molecule has 40 heavy (non-hydrogen) atoms. The first-order valence-corrected chi connectivity index (χ1v) is 12.9. The maximum atomic E-state index is 14.1. The van der Waals surface area contributed by atoms with E-state index in [4.69, 9.17) is 4.74 Å². The predicted molar refractivity (Wildman–Crippen MR) is 147 cm³/mol. The minimum atomic E-state index is -1.24. The number of rotatable bonds is 11. The average Bonchev–Trinajstić information content (AvgIpc) is 2.88. The van der Waals surface area contributed by atoms with Crippen molar-refractivity contribution in [2.24, 2.45) is 0 Å². The molecule has 11 heteroatoms. The smallest absolute Gasteiger partial charge is 0.408 e. The Balaban J connectivity index is 2.54. The number of aryl methyl sites for hydroxylation is 2. The number of aromatic hydroxyl groups is 1. The van der Waals surface area contributed by atoms with Crippen LogP contribution in [0.1, 0.15) is 49.1 Å². The molecular formula is C29H39N3O8. The first-order chi connectivity index (χ1) is 18.7. The van der Waals surface area contributed by atoms with Crippen LogP contribution in [0.15, 0.2) is 42.5 Å². The lowest BCUT2D eigenvalue weighted by Gasteiger charge is -2.34. The summed E-state index contributed by atoms with van der Waals surface area (Å²) in [5.74, 6) is -1.98. The molecule has 0 bridgehead atoms. The molecule has 218 valence electrons. The SMILES string of the molecule is COC(=O)CNC(=O)C(c1ccc(C)c(C)c1)N(CCO)C(=O)C(Cc1ccc(O)cc1)NC(=O)OC(C)(C)C. The molecule has 0 aliphatic carbocycles. The van der Waals surface area contributed by atoms with Crippen molar-refractivity contribution in [3.05, 3.63) is 64.7 Å². The number of amides is 3. The number of nitrogens with zero attached hydrogens (tertiary/aromatic N) is 1. The van der Waals surface area contributed by atoms with E-state index in [2.05, 4.69) is 15.4 Å². The third kappa shape index (κ3) is 9.57. The van der Waals surface area contributed by atoms with Gasteiger partial charge in [0.05, 0.1) is 13.7 Å². The molecule has 2 rings (SSSR count). The van der Waals surface area contributed by atoms with Crippen molar-refractivity contribution in [1.82, 2.24) is 15.5 Å². The number of phenolic OH excluding ortho intramolecular Hbond substituents is 1. The van der Waals surface area contributed by atoms with Crippen molar-refractivity contribution in [2.45, 2.75) is 58.7 Å². The normalized spacial score (nSPS) is 12.6. The number of hydrogen-bond acceptors (Lipinski definition) is 8. The number of benzene rings is 2. The number of phenols is 1. The monoisotopic (exact) mass is 557 g/mol. The van der Waals surface area contributed by atoms with Crippen molar-refractivity contribution >= 4 is 23.9 Å². The van der Waals surface area contributed by atoms with Gasteiger partial charge < -0.3 is 35.2 Å². The van der Waals surface area contributed by atoms with Gasteiger partial charge in [0.1, 0.15) is 30.0 Å². The van der Waals surface area contributed by atoms with E-state index >= 15 is 0 Å². The molecule has 0 heterocycles. The zero-order chi connectivity index (χ0) is 30.0. The highest BCUT2D eigenvalue weighted by Crippen LogP contribution is 2.25. The molecule has 0 radical (unpaired) electrons. The number of carbonyl (C=O) groups excluding carboxylic acids is 4. The molecule has 11 nitrogen and oxygen atoms in total. The van der Waals surface area contributed by atoms with Gasteiger partial charge in [-0.25, -0.2) is 4.79 Å². The number of hydrogen-bond donors (Lipinski definition) is 4. The number of nitrogens with one attached hydrogen (secondary N) is 2. The summed E-state index contributed by atoms with van der Waals surface area (Å²) in [5, 5.41) is 24.7. The molecule has 4 N–H and O–H groups in total. The molecule has 2 unspecified atom stereocenters. The first-order valence-electron chi connectivity index (χ1n) is 12.9. The maximum absolute atomic E-state index is 14.1. The fourth-order valence-electron chi connectivity index (χ4n) is 3.93. The number of aliphatic hydroxyl groups excluding tert-OH is 1. The highest BCUT2D eigenvalue weighted by molar-refractivity contribution is 5.93. The summed E-state index contributed by atoms with van der Waals surface area (Å²) in [6.45, 7) is 7.66. The number of methoxy groups -OCH3 is 1. The molecule has 0 saturated carbocycles. The molecule has 0 fully saturated rings. The third-order valence-corrected chi connectivity index (χ3v) is 6.03. The van der Waals surface area contributed by atoms with Crippen LogP contribution in [0, 0.1) is 13.8 Å². The minimum absolute atomic E-state index is 0.00368.